The number of carbonyl (C=O) groups excluding carboxylic acids is 1. The van der Waals surface area contributed by atoms with Crippen molar-refractivity contribution in [1.29, 1.82) is 0 Å². The number of amides is 1. The normalized spacial score (nSPS) is 10.7. The zero-order valence-electron chi connectivity index (χ0n) is 15.8. The Morgan fingerprint density at radius 1 is 1.00 bits per heavy atom. The van der Waals surface area contributed by atoms with E-state index < -0.39 is 0 Å². The van der Waals surface area contributed by atoms with Crippen LogP contribution in [-0.2, 0) is 6.54 Å². The van der Waals surface area contributed by atoms with Crippen LogP contribution in [0.1, 0.15) is 10.5 Å². The summed E-state index contributed by atoms with van der Waals surface area (Å²) in [6, 6.07) is 18.5. The Balaban J connectivity index is 1.40. The average Bonchev–Trinajstić information content (AvgIpc) is 3.27. The summed E-state index contributed by atoms with van der Waals surface area (Å²) in [5.74, 6) is -0.650. The molecule has 0 bridgehead atoms. The molecule has 1 amide bonds. The maximum Gasteiger partial charge on any atom is 0.270 e. The largest absolute Gasteiger partial charge is 0.349 e. The van der Waals surface area contributed by atoms with E-state index in [1.807, 2.05) is 30.3 Å². The molecule has 0 saturated carbocycles. The van der Waals surface area contributed by atoms with Gasteiger partial charge in [0.15, 0.2) is 0 Å². The minimum Gasteiger partial charge on any atom is -0.349 e. The summed E-state index contributed by atoms with van der Waals surface area (Å²) in [5, 5.41) is 9.54. The number of halogens is 1. The minimum absolute atomic E-state index is 0.204. The lowest BCUT2D eigenvalue weighted by molar-refractivity contribution is 0.0947. The van der Waals surface area contributed by atoms with E-state index in [1.165, 1.54) is 34.2 Å². The molecule has 30 heavy (non-hydrogen) atoms. The average molecular weight is 420 g/mol. The number of rotatable bonds is 6. The predicted octanol–water partition coefficient (Wildman–Crippen LogP) is 3.60. The minimum atomic E-state index is -0.341. The molecule has 0 unspecified atom stereocenters. The molecule has 0 fully saturated rings. The second kappa shape index (κ2) is 8.79. The van der Waals surface area contributed by atoms with Gasteiger partial charge < -0.3 is 5.32 Å². The predicted molar refractivity (Wildman–Crippen MR) is 114 cm³/mol. The van der Waals surface area contributed by atoms with Gasteiger partial charge in [-0.2, -0.15) is 5.10 Å². The van der Waals surface area contributed by atoms with Crippen LogP contribution in [0.15, 0.2) is 76.9 Å². The van der Waals surface area contributed by atoms with Crippen LogP contribution < -0.4 is 10.9 Å². The summed E-state index contributed by atoms with van der Waals surface area (Å²) in [5.41, 5.74) is 2.25. The zero-order chi connectivity index (χ0) is 20.9. The molecule has 0 saturated heterocycles. The topological polar surface area (TPSA) is 76.9 Å². The first-order chi connectivity index (χ1) is 14.6. The Kier molecular flexibility index (Phi) is 5.76. The van der Waals surface area contributed by atoms with E-state index in [0.717, 1.165) is 10.6 Å². The maximum atomic E-state index is 13.1. The molecule has 150 valence electrons. The molecule has 2 heterocycles. The smallest absolute Gasteiger partial charge is 0.270 e. The van der Waals surface area contributed by atoms with E-state index in [0.29, 0.717) is 17.0 Å². The maximum absolute atomic E-state index is 13.1. The van der Waals surface area contributed by atoms with E-state index >= 15 is 0 Å². The number of hydrogen-bond donors (Lipinski definition) is 1. The fourth-order valence-electron chi connectivity index (χ4n) is 2.84. The number of aromatic nitrogens is 3. The molecule has 0 spiro atoms. The molecule has 4 rings (SSSR count). The Bertz CT molecular complexity index is 1220. The van der Waals surface area contributed by atoms with Crippen molar-refractivity contribution in [1.82, 2.24) is 20.1 Å². The van der Waals surface area contributed by atoms with Crippen LogP contribution in [0.25, 0.3) is 21.8 Å². The van der Waals surface area contributed by atoms with Gasteiger partial charge in [-0.15, -0.1) is 11.3 Å². The van der Waals surface area contributed by atoms with Gasteiger partial charge in [0, 0.05) is 29.1 Å². The first-order valence-electron chi connectivity index (χ1n) is 9.23. The van der Waals surface area contributed by atoms with Crippen molar-refractivity contribution >= 4 is 17.2 Å². The van der Waals surface area contributed by atoms with Crippen molar-refractivity contribution in [2.75, 3.05) is 6.54 Å². The summed E-state index contributed by atoms with van der Waals surface area (Å²) in [6.45, 7) is 0.423. The van der Waals surface area contributed by atoms with Gasteiger partial charge in [0.25, 0.3) is 11.5 Å². The van der Waals surface area contributed by atoms with Crippen molar-refractivity contribution < 1.29 is 9.18 Å². The molecule has 4 aromatic rings. The SMILES string of the molecule is O=C(NCCn1nc(-c2ccc(F)cc2)ccc1=O)c1csc(-c2ccccc2)n1. The van der Waals surface area contributed by atoms with Crippen molar-refractivity contribution in [2.24, 2.45) is 0 Å². The van der Waals surface area contributed by atoms with Gasteiger partial charge in [0.1, 0.15) is 16.5 Å². The van der Waals surface area contributed by atoms with Crippen LogP contribution in [0.3, 0.4) is 0 Å². The lowest BCUT2D eigenvalue weighted by Crippen LogP contribution is -2.32. The Morgan fingerprint density at radius 2 is 1.77 bits per heavy atom. The number of carbonyl (C=O) groups is 1. The van der Waals surface area contributed by atoms with Crippen LogP contribution in [0.5, 0.6) is 0 Å². The van der Waals surface area contributed by atoms with Crippen LogP contribution in [0.4, 0.5) is 4.39 Å². The molecule has 2 aromatic carbocycles. The highest BCUT2D eigenvalue weighted by Gasteiger charge is 2.12. The van der Waals surface area contributed by atoms with Gasteiger partial charge in [-0.05, 0) is 30.3 Å². The van der Waals surface area contributed by atoms with E-state index in [9.17, 15) is 14.0 Å². The van der Waals surface area contributed by atoms with Gasteiger partial charge in [0.05, 0.1) is 12.2 Å². The van der Waals surface area contributed by atoms with E-state index in [2.05, 4.69) is 15.4 Å². The zero-order valence-corrected chi connectivity index (χ0v) is 16.6. The second-order valence-corrected chi connectivity index (χ2v) is 7.30. The molecule has 0 aliphatic heterocycles. The van der Waals surface area contributed by atoms with E-state index in [1.54, 1.807) is 23.6 Å². The van der Waals surface area contributed by atoms with Crippen LogP contribution in [0, 0.1) is 5.82 Å². The monoisotopic (exact) mass is 420 g/mol. The highest BCUT2D eigenvalue weighted by Crippen LogP contribution is 2.23. The lowest BCUT2D eigenvalue weighted by atomic mass is 10.1. The molecule has 0 aliphatic rings. The Labute approximate surface area is 175 Å². The molecule has 1 N–H and O–H groups in total. The summed E-state index contributed by atoms with van der Waals surface area (Å²) >= 11 is 1.40. The number of benzene rings is 2. The Morgan fingerprint density at radius 3 is 2.53 bits per heavy atom. The number of thiazole rings is 1. The Hall–Kier alpha value is -3.65. The van der Waals surface area contributed by atoms with Gasteiger partial charge in [0.2, 0.25) is 0 Å². The highest BCUT2D eigenvalue weighted by atomic mass is 32.1. The van der Waals surface area contributed by atoms with Gasteiger partial charge in [-0.25, -0.2) is 14.1 Å². The van der Waals surface area contributed by atoms with Crippen LogP contribution >= 0.6 is 11.3 Å². The lowest BCUT2D eigenvalue weighted by Gasteiger charge is -2.08. The third kappa shape index (κ3) is 4.49. The third-order valence-corrected chi connectivity index (χ3v) is 5.26. The first-order valence-corrected chi connectivity index (χ1v) is 10.1. The second-order valence-electron chi connectivity index (χ2n) is 6.45. The van der Waals surface area contributed by atoms with E-state index in [-0.39, 0.29) is 30.4 Å². The fourth-order valence-corrected chi connectivity index (χ4v) is 3.65. The molecule has 0 atom stereocenters. The molecule has 8 heteroatoms. The number of nitrogens with one attached hydrogen (secondary N) is 1. The quantitative estimate of drug-likeness (QED) is 0.517. The third-order valence-electron chi connectivity index (χ3n) is 4.37. The molecular weight excluding hydrogens is 403 g/mol. The number of nitrogens with zero attached hydrogens (tertiary/aromatic N) is 3. The molecule has 6 nitrogen and oxygen atoms in total. The van der Waals surface area contributed by atoms with Gasteiger partial charge in [-0.1, -0.05) is 30.3 Å². The molecule has 2 aromatic heterocycles. The summed E-state index contributed by atoms with van der Waals surface area (Å²) in [4.78, 5) is 28.8. The number of hydrogen-bond acceptors (Lipinski definition) is 5. The molecule has 0 aliphatic carbocycles. The standard InChI is InChI=1S/C22H17FN4O2S/c23-17-8-6-15(7-9-17)18-10-11-20(28)27(26-18)13-12-24-21(29)19-14-30-22(25-19)16-4-2-1-3-5-16/h1-11,14H,12-13H2,(H,24,29). The first kappa shape index (κ1) is 19.7. The molecular formula is C22H17FN4O2S. The van der Waals surface area contributed by atoms with E-state index in [4.69, 9.17) is 0 Å². The van der Waals surface area contributed by atoms with Gasteiger partial charge in [-0.3, -0.25) is 9.59 Å². The van der Waals surface area contributed by atoms with Gasteiger partial charge >= 0.3 is 0 Å². The van der Waals surface area contributed by atoms with Crippen molar-refractivity contribution in [3.05, 3.63) is 94.0 Å². The van der Waals surface area contributed by atoms with Crippen molar-refractivity contribution in [2.45, 2.75) is 6.54 Å². The summed E-state index contributed by atoms with van der Waals surface area (Å²) in [6.07, 6.45) is 0. The van der Waals surface area contributed by atoms with Crippen LogP contribution in [-0.4, -0.2) is 27.2 Å². The highest BCUT2D eigenvalue weighted by molar-refractivity contribution is 7.13. The van der Waals surface area contributed by atoms with Crippen molar-refractivity contribution in [3.63, 3.8) is 0 Å². The summed E-state index contributed by atoms with van der Waals surface area (Å²) in [7, 11) is 0. The molecule has 0 radical (unpaired) electrons. The van der Waals surface area contributed by atoms with Crippen LogP contribution in [0.2, 0.25) is 0 Å². The fraction of sp³-hybridized carbons (Fsp3) is 0.0909. The van der Waals surface area contributed by atoms with Crippen molar-refractivity contribution in [3.8, 4) is 21.8 Å². The summed E-state index contributed by atoms with van der Waals surface area (Å²) < 4.78 is 14.4.